The summed E-state index contributed by atoms with van der Waals surface area (Å²) in [4.78, 5) is 0. The van der Waals surface area contributed by atoms with E-state index >= 15 is 0 Å². The van der Waals surface area contributed by atoms with Gasteiger partial charge in [-0.2, -0.15) is 0 Å². The standard InChI is InChI=1S/C21H24/c1-5-15-9-19-13-21-11-17(7-3)16(6-2)10-20(21)12-18(19)8-14(15)4/h8-13H,5-7H2,1-4H3. The van der Waals surface area contributed by atoms with Crippen LogP contribution in [0.4, 0.5) is 0 Å². The zero-order chi connectivity index (χ0) is 15.0. The van der Waals surface area contributed by atoms with Crippen LogP contribution in [-0.4, -0.2) is 0 Å². The molecular formula is C21H24. The first-order valence-corrected chi connectivity index (χ1v) is 8.15. The molecule has 0 aliphatic carbocycles. The normalized spacial score (nSPS) is 11.4. The molecule has 0 fully saturated rings. The summed E-state index contributed by atoms with van der Waals surface area (Å²) in [7, 11) is 0. The van der Waals surface area contributed by atoms with Crippen molar-refractivity contribution >= 4 is 21.5 Å². The van der Waals surface area contributed by atoms with Crippen molar-refractivity contribution in [1.29, 1.82) is 0 Å². The molecule has 108 valence electrons. The van der Waals surface area contributed by atoms with Crippen molar-refractivity contribution in [3.8, 4) is 0 Å². The molecule has 0 saturated heterocycles. The molecule has 0 aromatic heterocycles. The lowest BCUT2D eigenvalue weighted by molar-refractivity contribution is 1.04. The van der Waals surface area contributed by atoms with Crippen molar-refractivity contribution in [2.75, 3.05) is 0 Å². The smallest absolute Gasteiger partial charge is 0.0175 e. The van der Waals surface area contributed by atoms with Crippen LogP contribution in [0.1, 0.15) is 43.0 Å². The van der Waals surface area contributed by atoms with Crippen LogP contribution < -0.4 is 0 Å². The molecule has 0 atom stereocenters. The summed E-state index contributed by atoms with van der Waals surface area (Å²) in [5.41, 5.74) is 5.85. The maximum Gasteiger partial charge on any atom is -0.0175 e. The molecule has 0 heteroatoms. The monoisotopic (exact) mass is 276 g/mol. The van der Waals surface area contributed by atoms with Crippen LogP contribution in [0.5, 0.6) is 0 Å². The van der Waals surface area contributed by atoms with Gasteiger partial charge >= 0.3 is 0 Å². The van der Waals surface area contributed by atoms with E-state index in [4.69, 9.17) is 0 Å². The summed E-state index contributed by atoms with van der Waals surface area (Å²) in [5.74, 6) is 0. The van der Waals surface area contributed by atoms with Gasteiger partial charge in [0.05, 0.1) is 0 Å². The maximum absolute atomic E-state index is 2.39. The number of hydrogen-bond donors (Lipinski definition) is 0. The van der Waals surface area contributed by atoms with Crippen LogP contribution in [0.3, 0.4) is 0 Å². The topological polar surface area (TPSA) is 0 Å². The van der Waals surface area contributed by atoms with Gasteiger partial charge in [-0.05, 0) is 82.1 Å². The first kappa shape index (κ1) is 14.1. The fourth-order valence-electron chi connectivity index (χ4n) is 3.40. The van der Waals surface area contributed by atoms with Crippen molar-refractivity contribution in [3.63, 3.8) is 0 Å². The van der Waals surface area contributed by atoms with E-state index in [0.29, 0.717) is 0 Å². The molecule has 0 spiro atoms. The number of aryl methyl sites for hydroxylation is 4. The van der Waals surface area contributed by atoms with Crippen LogP contribution in [0.15, 0.2) is 36.4 Å². The van der Waals surface area contributed by atoms with Crippen LogP contribution in [0.2, 0.25) is 0 Å². The minimum Gasteiger partial charge on any atom is -0.0613 e. The summed E-state index contributed by atoms with van der Waals surface area (Å²) in [5, 5.41) is 5.49. The van der Waals surface area contributed by atoms with Crippen molar-refractivity contribution in [2.24, 2.45) is 0 Å². The van der Waals surface area contributed by atoms with Gasteiger partial charge in [0.1, 0.15) is 0 Å². The van der Waals surface area contributed by atoms with Crippen molar-refractivity contribution < 1.29 is 0 Å². The van der Waals surface area contributed by atoms with Crippen molar-refractivity contribution in [3.05, 3.63) is 58.7 Å². The van der Waals surface area contributed by atoms with Crippen LogP contribution in [-0.2, 0) is 19.3 Å². The molecule has 0 radical (unpaired) electrons. The largest absolute Gasteiger partial charge is 0.0613 e. The average molecular weight is 276 g/mol. The Kier molecular flexibility index (Phi) is 3.71. The molecule has 0 N–H and O–H groups in total. The molecule has 0 heterocycles. The fraction of sp³-hybridized carbons (Fsp3) is 0.333. The molecule has 0 aliphatic heterocycles. The van der Waals surface area contributed by atoms with E-state index in [1.807, 2.05) is 0 Å². The second-order valence-corrected chi connectivity index (χ2v) is 6.01. The third-order valence-corrected chi connectivity index (χ3v) is 4.71. The van der Waals surface area contributed by atoms with Gasteiger partial charge in [-0.25, -0.2) is 0 Å². The highest BCUT2D eigenvalue weighted by Gasteiger charge is 2.06. The molecule has 3 aromatic carbocycles. The Morgan fingerprint density at radius 3 is 1.33 bits per heavy atom. The number of hydrogen-bond acceptors (Lipinski definition) is 0. The van der Waals surface area contributed by atoms with E-state index in [0.717, 1.165) is 19.3 Å². The zero-order valence-corrected chi connectivity index (χ0v) is 13.6. The highest BCUT2D eigenvalue weighted by atomic mass is 14.1. The van der Waals surface area contributed by atoms with E-state index in [-0.39, 0.29) is 0 Å². The van der Waals surface area contributed by atoms with Crippen LogP contribution in [0, 0.1) is 6.92 Å². The molecule has 0 aliphatic rings. The van der Waals surface area contributed by atoms with Gasteiger partial charge in [0.15, 0.2) is 0 Å². The van der Waals surface area contributed by atoms with Gasteiger partial charge < -0.3 is 0 Å². The van der Waals surface area contributed by atoms with Gasteiger partial charge in [-0.15, -0.1) is 0 Å². The minimum absolute atomic E-state index is 1.11. The SMILES string of the molecule is CCc1cc2cc3cc(CC)c(CC)cc3cc2cc1C. The first-order chi connectivity index (χ1) is 10.2. The van der Waals surface area contributed by atoms with Crippen molar-refractivity contribution in [1.82, 2.24) is 0 Å². The Labute approximate surface area is 127 Å². The Hall–Kier alpha value is -1.82. The molecule has 21 heavy (non-hydrogen) atoms. The minimum atomic E-state index is 1.11. The Morgan fingerprint density at radius 1 is 0.524 bits per heavy atom. The molecule has 0 bridgehead atoms. The van der Waals surface area contributed by atoms with Gasteiger partial charge in [-0.1, -0.05) is 45.0 Å². The van der Waals surface area contributed by atoms with Gasteiger partial charge in [0.2, 0.25) is 0 Å². The predicted molar refractivity (Wildman–Crippen MR) is 94.3 cm³/mol. The summed E-state index contributed by atoms with van der Waals surface area (Å²) in [6.45, 7) is 8.96. The quantitative estimate of drug-likeness (QED) is 0.515. The highest BCUT2D eigenvalue weighted by Crippen LogP contribution is 2.28. The highest BCUT2D eigenvalue weighted by molar-refractivity contribution is 5.99. The lowest BCUT2D eigenvalue weighted by Crippen LogP contribution is -1.92. The van der Waals surface area contributed by atoms with Crippen LogP contribution in [0.25, 0.3) is 21.5 Å². The van der Waals surface area contributed by atoms with Gasteiger partial charge in [0.25, 0.3) is 0 Å². The molecule has 3 aromatic rings. The summed E-state index contributed by atoms with van der Waals surface area (Å²) < 4.78 is 0. The molecule has 0 amide bonds. The molecule has 0 saturated carbocycles. The van der Waals surface area contributed by atoms with E-state index < -0.39 is 0 Å². The fourth-order valence-corrected chi connectivity index (χ4v) is 3.40. The zero-order valence-electron chi connectivity index (χ0n) is 13.6. The molecular weight excluding hydrogens is 252 g/mol. The summed E-state index contributed by atoms with van der Waals surface area (Å²) in [6, 6.07) is 14.2. The third kappa shape index (κ3) is 2.44. The molecule has 0 nitrogen and oxygen atoms in total. The second kappa shape index (κ2) is 5.52. The Balaban J connectivity index is 2.32. The number of rotatable bonds is 3. The third-order valence-electron chi connectivity index (χ3n) is 4.71. The first-order valence-electron chi connectivity index (χ1n) is 8.15. The second-order valence-electron chi connectivity index (χ2n) is 6.01. The molecule has 3 rings (SSSR count). The number of fused-ring (bicyclic) bond motifs is 2. The van der Waals surface area contributed by atoms with Crippen LogP contribution >= 0.6 is 0 Å². The summed E-state index contributed by atoms with van der Waals surface area (Å²) >= 11 is 0. The lowest BCUT2D eigenvalue weighted by atomic mass is 9.93. The van der Waals surface area contributed by atoms with Gasteiger partial charge in [0, 0.05) is 0 Å². The Bertz CT molecular complexity index is 809. The maximum atomic E-state index is 2.39. The van der Waals surface area contributed by atoms with E-state index in [2.05, 4.69) is 64.1 Å². The average Bonchev–Trinajstić information content (AvgIpc) is 2.51. The van der Waals surface area contributed by atoms with E-state index in [1.165, 1.54) is 43.8 Å². The van der Waals surface area contributed by atoms with Crippen molar-refractivity contribution in [2.45, 2.75) is 47.0 Å². The number of benzene rings is 3. The van der Waals surface area contributed by atoms with E-state index in [1.54, 1.807) is 0 Å². The molecule has 0 unspecified atom stereocenters. The lowest BCUT2D eigenvalue weighted by Gasteiger charge is -2.11. The Morgan fingerprint density at radius 2 is 0.905 bits per heavy atom. The van der Waals surface area contributed by atoms with E-state index in [9.17, 15) is 0 Å². The summed E-state index contributed by atoms with van der Waals surface area (Å²) in [6.07, 6.45) is 3.34. The van der Waals surface area contributed by atoms with Gasteiger partial charge in [-0.3, -0.25) is 0 Å². The predicted octanol–water partition coefficient (Wildman–Crippen LogP) is 5.99.